The van der Waals surface area contributed by atoms with Gasteiger partial charge in [-0.3, -0.25) is 9.69 Å². The van der Waals surface area contributed by atoms with E-state index in [1.165, 1.54) is 18.4 Å². The predicted molar refractivity (Wildman–Crippen MR) is 93.1 cm³/mol. The quantitative estimate of drug-likeness (QED) is 0.864. The minimum absolute atomic E-state index is 0.00769. The Morgan fingerprint density at radius 2 is 2.00 bits per heavy atom. The van der Waals surface area contributed by atoms with Crippen molar-refractivity contribution in [3.8, 4) is 0 Å². The first-order valence-corrected chi connectivity index (χ1v) is 10.2. The van der Waals surface area contributed by atoms with Crippen LogP contribution >= 0.6 is 0 Å². The molecule has 0 aromatic heterocycles. The van der Waals surface area contributed by atoms with Gasteiger partial charge in [-0.2, -0.15) is 0 Å². The molecule has 1 heterocycles. The van der Waals surface area contributed by atoms with Crippen molar-refractivity contribution >= 4 is 21.4 Å². The first-order valence-electron chi connectivity index (χ1n) is 8.11. The molecule has 0 aliphatic carbocycles. The van der Waals surface area contributed by atoms with Crippen LogP contribution in [0.5, 0.6) is 0 Å². The highest BCUT2D eigenvalue weighted by molar-refractivity contribution is 7.90. The number of carbonyl (C=O) groups is 1. The average Bonchev–Trinajstić information content (AvgIpc) is 2.47. The summed E-state index contributed by atoms with van der Waals surface area (Å²) in [5, 5.41) is 2.74. The Bertz CT molecular complexity index is 626. The molecule has 2 rings (SSSR count). The van der Waals surface area contributed by atoms with Crippen LogP contribution in [0, 0.1) is 5.92 Å². The maximum atomic E-state index is 11.7. The van der Waals surface area contributed by atoms with Gasteiger partial charge in [0.15, 0.2) is 0 Å². The topological polar surface area (TPSA) is 66.5 Å². The number of nitrogens with one attached hydrogen (secondary N) is 1. The summed E-state index contributed by atoms with van der Waals surface area (Å²) in [4.78, 5) is 14.2. The van der Waals surface area contributed by atoms with Gasteiger partial charge in [-0.15, -0.1) is 0 Å². The molecule has 1 saturated heterocycles. The molecular weight excluding hydrogens is 312 g/mol. The second kappa shape index (κ2) is 7.93. The number of carbonyl (C=O) groups excluding carboxylic acids is 1. The van der Waals surface area contributed by atoms with E-state index >= 15 is 0 Å². The monoisotopic (exact) mass is 338 g/mol. The molecule has 0 saturated carbocycles. The van der Waals surface area contributed by atoms with Crippen LogP contribution in [-0.2, 0) is 21.2 Å². The first-order chi connectivity index (χ1) is 10.8. The molecule has 0 bridgehead atoms. The number of amides is 1. The van der Waals surface area contributed by atoms with Crippen LogP contribution in [0.1, 0.15) is 31.7 Å². The molecule has 1 atom stereocenters. The van der Waals surface area contributed by atoms with Gasteiger partial charge < -0.3 is 5.32 Å². The number of sulfone groups is 1. The summed E-state index contributed by atoms with van der Waals surface area (Å²) in [6, 6.07) is 7.79. The second-order valence-electron chi connectivity index (χ2n) is 6.61. The Kier molecular flexibility index (Phi) is 6.18. The zero-order valence-electron chi connectivity index (χ0n) is 13.9. The zero-order valence-corrected chi connectivity index (χ0v) is 14.7. The minimum Gasteiger partial charge on any atom is -0.326 e. The van der Waals surface area contributed by atoms with E-state index < -0.39 is 9.84 Å². The molecule has 1 aromatic carbocycles. The van der Waals surface area contributed by atoms with Crippen LogP contribution in [0.3, 0.4) is 0 Å². The lowest BCUT2D eigenvalue weighted by atomic mass is 10.00. The van der Waals surface area contributed by atoms with Crippen molar-refractivity contribution in [2.24, 2.45) is 5.92 Å². The van der Waals surface area contributed by atoms with E-state index in [1.54, 1.807) is 0 Å². The van der Waals surface area contributed by atoms with E-state index in [2.05, 4.69) is 17.1 Å². The number of anilines is 1. The van der Waals surface area contributed by atoms with Crippen LogP contribution in [-0.4, -0.2) is 44.3 Å². The highest BCUT2D eigenvalue weighted by Gasteiger charge is 2.16. The molecule has 1 aromatic rings. The first kappa shape index (κ1) is 17.9. The third-order valence-corrected chi connectivity index (χ3v) is 5.03. The second-order valence-corrected chi connectivity index (χ2v) is 8.87. The summed E-state index contributed by atoms with van der Waals surface area (Å²) < 4.78 is 22.1. The lowest BCUT2D eigenvalue weighted by Crippen LogP contribution is -2.33. The van der Waals surface area contributed by atoms with Gasteiger partial charge in [0.05, 0.1) is 5.75 Å². The van der Waals surface area contributed by atoms with Crippen molar-refractivity contribution in [1.29, 1.82) is 0 Å². The number of hydrogen-bond acceptors (Lipinski definition) is 4. The fourth-order valence-electron chi connectivity index (χ4n) is 2.88. The van der Waals surface area contributed by atoms with Crippen molar-refractivity contribution in [3.05, 3.63) is 29.8 Å². The van der Waals surface area contributed by atoms with Crippen LogP contribution in [0.15, 0.2) is 24.3 Å². The standard InChI is InChI=1S/C17H26N2O3S/c1-14-4-3-10-19(12-14)13-15-5-7-16(8-6-15)18-17(20)9-11-23(2,21)22/h5-8,14H,3-4,9-13H2,1-2H3,(H,18,20). The van der Waals surface area contributed by atoms with E-state index in [9.17, 15) is 13.2 Å². The SMILES string of the molecule is CC1CCCN(Cc2ccc(NC(=O)CCS(C)(=O)=O)cc2)C1. The van der Waals surface area contributed by atoms with Crippen LogP contribution < -0.4 is 5.32 Å². The van der Waals surface area contributed by atoms with Crippen LogP contribution in [0.25, 0.3) is 0 Å². The van der Waals surface area contributed by atoms with Crippen LogP contribution in [0.4, 0.5) is 5.69 Å². The van der Waals surface area contributed by atoms with E-state index in [0.29, 0.717) is 5.69 Å². The Morgan fingerprint density at radius 3 is 2.61 bits per heavy atom. The Hall–Kier alpha value is -1.40. The van der Waals surface area contributed by atoms with E-state index in [0.717, 1.165) is 31.8 Å². The summed E-state index contributed by atoms with van der Waals surface area (Å²) in [5.41, 5.74) is 1.94. The smallest absolute Gasteiger partial charge is 0.225 e. The molecule has 1 unspecified atom stereocenters. The molecule has 23 heavy (non-hydrogen) atoms. The van der Waals surface area contributed by atoms with Gasteiger partial charge in [0.25, 0.3) is 0 Å². The number of nitrogens with zero attached hydrogens (tertiary/aromatic N) is 1. The fraction of sp³-hybridized carbons (Fsp3) is 0.588. The van der Waals surface area contributed by atoms with E-state index in [-0.39, 0.29) is 18.1 Å². The number of likely N-dealkylation sites (tertiary alicyclic amines) is 1. The molecule has 0 radical (unpaired) electrons. The fourth-order valence-corrected chi connectivity index (χ4v) is 3.44. The summed E-state index contributed by atoms with van der Waals surface area (Å²) in [6.45, 7) is 5.52. The number of piperidine rings is 1. The summed E-state index contributed by atoms with van der Waals surface area (Å²) >= 11 is 0. The maximum Gasteiger partial charge on any atom is 0.225 e. The van der Waals surface area contributed by atoms with Crippen molar-refractivity contribution < 1.29 is 13.2 Å². The largest absolute Gasteiger partial charge is 0.326 e. The van der Waals surface area contributed by atoms with Gasteiger partial charge in [-0.05, 0) is 43.0 Å². The predicted octanol–water partition coefficient (Wildman–Crippen LogP) is 2.29. The molecular formula is C17H26N2O3S. The minimum atomic E-state index is -3.11. The molecule has 6 heteroatoms. The highest BCUT2D eigenvalue weighted by atomic mass is 32.2. The third kappa shape index (κ3) is 6.71. The van der Waals surface area contributed by atoms with Crippen molar-refractivity contribution in [2.75, 3.05) is 30.4 Å². The molecule has 1 N–H and O–H groups in total. The summed E-state index contributed by atoms with van der Waals surface area (Å²) in [5.74, 6) is 0.370. The van der Waals surface area contributed by atoms with Crippen molar-refractivity contribution in [1.82, 2.24) is 4.90 Å². The van der Waals surface area contributed by atoms with Gasteiger partial charge in [-0.25, -0.2) is 8.42 Å². The van der Waals surface area contributed by atoms with Crippen LogP contribution in [0.2, 0.25) is 0 Å². The summed E-state index contributed by atoms with van der Waals surface area (Å²) in [6.07, 6.45) is 3.70. The lowest BCUT2D eigenvalue weighted by molar-refractivity contribution is -0.115. The number of hydrogen-bond donors (Lipinski definition) is 1. The molecule has 5 nitrogen and oxygen atoms in total. The lowest BCUT2D eigenvalue weighted by Gasteiger charge is -2.30. The maximum absolute atomic E-state index is 11.7. The van der Waals surface area contributed by atoms with Crippen molar-refractivity contribution in [2.45, 2.75) is 32.7 Å². The normalized spacial score (nSPS) is 19.5. The average molecular weight is 338 g/mol. The Balaban J connectivity index is 1.83. The molecule has 1 aliphatic rings. The number of rotatable bonds is 6. The molecule has 128 valence electrons. The van der Waals surface area contributed by atoms with Crippen molar-refractivity contribution in [3.63, 3.8) is 0 Å². The molecule has 1 fully saturated rings. The zero-order chi connectivity index (χ0) is 16.9. The number of benzene rings is 1. The summed E-state index contributed by atoms with van der Waals surface area (Å²) in [7, 11) is -3.11. The van der Waals surface area contributed by atoms with E-state index in [1.807, 2.05) is 24.3 Å². The van der Waals surface area contributed by atoms with Gasteiger partial charge in [0.1, 0.15) is 9.84 Å². The van der Waals surface area contributed by atoms with Gasteiger partial charge in [0, 0.05) is 31.5 Å². The Labute approximate surface area is 139 Å². The third-order valence-electron chi connectivity index (χ3n) is 4.08. The molecule has 1 aliphatic heterocycles. The van der Waals surface area contributed by atoms with E-state index in [4.69, 9.17) is 0 Å². The Morgan fingerprint density at radius 1 is 1.30 bits per heavy atom. The van der Waals surface area contributed by atoms with Gasteiger partial charge in [0.2, 0.25) is 5.91 Å². The van der Waals surface area contributed by atoms with Gasteiger partial charge >= 0.3 is 0 Å². The van der Waals surface area contributed by atoms with Gasteiger partial charge in [-0.1, -0.05) is 19.1 Å². The molecule has 1 amide bonds. The highest BCUT2D eigenvalue weighted by Crippen LogP contribution is 2.18. The molecule has 0 spiro atoms.